The molecule has 1 fully saturated rings. The van der Waals surface area contributed by atoms with Gasteiger partial charge < -0.3 is 9.52 Å². The third kappa shape index (κ3) is 4.12. The van der Waals surface area contributed by atoms with Crippen LogP contribution in [-0.2, 0) is 0 Å². The molecule has 1 aliphatic carbocycles. The molecule has 1 N–H and O–H groups in total. The van der Waals surface area contributed by atoms with E-state index in [9.17, 15) is 9.90 Å². The van der Waals surface area contributed by atoms with Crippen LogP contribution in [0.25, 0.3) is 11.3 Å². The number of hydrogen-bond donors (Lipinski definition) is 1. The predicted molar refractivity (Wildman–Crippen MR) is 104 cm³/mol. The topological polar surface area (TPSA) is 50.4 Å². The summed E-state index contributed by atoms with van der Waals surface area (Å²) in [4.78, 5) is 12.8. The van der Waals surface area contributed by atoms with Gasteiger partial charge in [0.1, 0.15) is 11.5 Å². The van der Waals surface area contributed by atoms with Crippen molar-refractivity contribution in [2.45, 2.75) is 57.0 Å². The first kappa shape index (κ1) is 18.1. The standard InChI is InChI=1S/C21H26O3S/c1-21(2,3)19(25-15-11-7-8-12-15)18-16(22)13-17(24-20(18)23)14-9-5-4-6-10-14/h4-6,9-10,13,15,19,22H,7-8,11-12H2,1-3H3. The highest BCUT2D eigenvalue weighted by molar-refractivity contribution is 8.00. The number of thioether (sulfide) groups is 1. The van der Waals surface area contributed by atoms with E-state index in [-0.39, 0.29) is 16.4 Å². The van der Waals surface area contributed by atoms with E-state index in [0.29, 0.717) is 16.6 Å². The lowest BCUT2D eigenvalue weighted by Gasteiger charge is -2.32. The summed E-state index contributed by atoms with van der Waals surface area (Å²) in [6, 6.07) is 11.0. The molecule has 1 unspecified atom stereocenters. The van der Waals surface area contributed by atoms with Gasteiger partial charge in [-0.25, -0.2) is 4.79 Å². The first-order valence-electron chi connectivity index (χ1n) is 8.94. The van der Waals surface area contributed by atoms with Gasteiger partial charge in [-0.1, -0.05) is 63.9 Å². The monoisotopic (exact) mass is 358 g/mol. The lowest BCUT2D eigenvalue weighted by atomic mass is 9.87. The fourth-order valence-corrected chi connectivity index (χ4v) is 5.15. The van der Waals surface area contributed by atoms with Crippen molar-refractivity contribution in [1.29, 1.82) is 0 Å². The molecule has 1 heterocycles. The predicted octanol–water partition coefficient (Wildman–Crippen LogP) is 5.78. The Morgan fingerprint density at radius 3 is 2.36 bits per heavy atom. The lowest BCUT2D eigenvalue weighted by molar-refractivity contribution is 0.369. The molecule has 134 valence electrons. The Morgan fingerprint density at radius 1 is 1.16 bits per heavy atom. The van der Waals surface area contributed by atoms with Crippen LogP contribution < -0.4 is 5.63 Å². The molecular weight excluding hydrogens is 332 g/mol. The van der Waals surface area contributed by atoms with Gasteiger partial charge in [-0.15, -0.1) is 11.8 Å². The molecule has 25 heavy (non-hydrogen) atoms. The SMILES string of the molecule is CC(C)(C)C(SC1CCCC1)c1c(O)cc(-c2ccccc2)oc1=O. The van der Waals surface area contributed by atoms with Crippen LogP contribution in [0.3, 0.4) is 0 Å². The molecule has 4 heteroatoms. The molecule has 1 aliphatic rings. The molecule has 0 radical (unpaired) electrons. The van der Waals surface area contributed by atoms with Crippen molar-refractivity contribution < 1.29 is 9.52 Å². The fraction of sp³-hybridized carbons (Fsp3) is 0.476. The van der Waals surface area contributed by atoms with Crippen molar-refractivity contribution in [2.24, 2.45) is 5.41 Å². The Bertz CT molecular complexity index is 768. The average molecular weight is 359 g/mol. The second-order valence-corrected chi connectivity index (χ2v) is 9.26. The highest BCUT2D eigenvalue weighted by Crippen LogP contribution is 2.50. The van der Waals surface area contributed by atoms with Crippen molar-refractivity contribution in [1.82, 2.24) is 0 Å². The van der Waals surface area contributed by atoms with Gasteiger partial charge in [0.15, 0.2) is 0 Å². The molecule has 1 aromatic carbocycles. The Hall–Kier alpha value is -1.68. The Balaban J connectivity index is 2.00. The van der Waals surface area contributed by atoms with Crippen molar-refractivity contribution >= 4 is 11.8 Å². The molecule has 1 saturated carbocycles. The van der Waals surface area contributed by atoms with Crippen molar-refractivity contribution in [2.75, 3.05) is 0 Å². The summed E-state index contributed by atoms with van der Waals surface area (Å²) >= 11 is 1.82. The summed E-state index contributed by atoms with van der Waals surface area (Å²) in [5.41, 5.74) is 0.624. The van der Waals surface area contributed by atoms with Crippen LogP contribution in [0.15, 0.2) is 45.6 Å². The lowest BCUT2D eigenvalue weighted by Crippen LogP contribution is -2.23. The number of rotatable bonds is 4. The molecule has 0 saturated heterocycles. The van der Waals surface area contributed by atoms with E-state index in [2.05, 4.69) is 20.8 Å². The van der Waals surface area contributed by atoms with E-state index in [1.54, 1.807) is 6.07 Å². The highest BCUT2D eigenvalue weighted by Gasteiger charge is 2.35. The van der Waals surface area contributed by atoms with Crippen molar-refractivity contribution in [3.8, 4) is 17.1 Å². The van der Waals surface area contributed by atoms with E-state index < -0.39 is 5.63 Å². The summed E-state index contributed by atoms with van der Waals surface area (Å²) in [6.45, 7) is 6.34. The summed E-state index contributed by atoms with van der Waals surface area (Å²) < 4.78 is 5.59. The maximum atomic E-state index is 12.8. The minimum Gasteiger partial charge on any atom is -0.507 e. The Labute approximate surface area is 153 Å². The van der Waals surface area contributed by atoms with E-state index in [1.165, 1.54) is 25.7 Å². The summed E-state index contributed by atoms with van der Waals surface area (Å²) in [7, 11) is 0. The van der Waals surface area contributed by atoms with Crippen LogP contribution in [0.5, 0.6) is 5.75 Å². The van der Waals surface area contributed by atoms with Gasteiger partial charge in [-0.2, -0.15) is 0 Å². The van der Waals surface area contributed by atoms with Crippen LogP contribution in [0, 0.1) is 5.41 Å². The Morgan fingerprint density at radius 2 is 1.80 bits per heavy atom. The summed E-state index contributed by atoms with van der Waals surface area (Å²) in [6.07, 6.45) is 4.88. The first-order chi connectivity index (χ1) is 11.9. The van der Waals surface area contributed by atoms with E-state index >= 15 is 0 Å². The largest absolute Gasteiger partial charge is 0.507 e. The molecule has 1 atom stereocenters. The van der Waals surface area contributed by atoms with Gasteiger partial charge in [0.25, 0.3) is 0 Å². The van der Waals surface area contributed by atoms with E-state index in [1.807, 2.05) is 42.1 Å². The van der Waals surface area contributed by atoms with Crippen LogP contribution in [0.2, 0.25) is 0 Å². The van der Waals surface area contributed by atoms with Gasteiger partial charge in [0.05, 0.1) is 5.56 Å². The summed E-state index contributed by atoms with van der Waals surface area (Å²) in [5.74, 6) is 0.450. The molecule has 0 amide bonds. The maximum absolute atomic E-state index is 12.8. The van der Waals surface area contributed by atoms with Crippen molar-refractivity contribution in [3.05, 3.63) is 52.4 Å². The van der Waals surface area contributed by atoms with Crippen LogP contribution >= 0.6 is 11.8 Å². The second-order valence-electron chi connectivity index (χ2n) is 7.85. The molecule has 3 rings (SSSR count). The highest BCUT2D eigenvalue weighted by atomic mass is 32.2. The first-order valence-corrected chi connectivity index (χ1v) is 9.88. The quantitative estimate of drug-likeness (QED) is 0.753. The molecule has 0 aliphatic heterocycles. The average Bonchev–Trinajstić information content (AvgIpc) is 3.06. The zero-order chi connectivity index (χ0) is 18.0. The van der Waals surface area contributed by atoms with E-state index in [4.69, 9.17) is 4.42 Å². The second kappa shape index (κ2) is 7.28. The van der Waals surface area contributed by atoms with Crippen molar-refractivity contribution in [3.63, 3.8) is 0 Å². The minimum atomic E-state index is -0.427. The van der Waals surface area contributed by atoms with Gasteiger partial charge in [-0.3, -0.25) is 0 Å². The van der Waals surface area contributed by atoms with Gasteiger partial charge in [0, 0.05) is 22.1 Å². The molecule has 1 aromatic heterocycles. The number of benzene rings is 1. The zero-order valence-electron chi connectivity index (χ0n) is 15.1. The third-order valence-electron chi connectivity index (χ3n) is 4.70. The van der Waals surface area contributed by atoms with Crippen LogP contribution in [0.1, 0.15) is 57.3 Å². The Kier molecular flexibility index (Phi) is 5.28. The fourth-order valence-electron chi connectivity index (χ4n) is 3.40. The minimum absolute atomic E-state index is 0.0422. The zero-order valence-corrected chi connectivity index (χ0v) is 15.9. The number of aromatic hydroxyl groups is 1. The van der Waals surface area contributed by atoms with Gasteiger partial charge in [-0.05, 0) is 18.3 Å². The van der Waals surface area contributed by atoms with Gasteiger partial charge >= 0.3 is 5.63 Å². The normalized spacial score (nSPS) is 16.9. The molecular formula is C21H26O3S. The summed E-state index contributed by atoms with van der Waals surface area (Å²) in [5, 5.41) is 11.1. The molecule has 0 bridgehead atoms. The molecule has 2 aromatic rings. The maximum Gasteiger partial charge on any atom is 0.344 e. The van der Waals surface area contributed by atoms with Crippen LogP contribution in [-0.4, -0.2) is 10.4 Å². The molecule has 3 nitrogen and oxygen atoms in total. The van der Waals surface area contributed by atoms with Gasteiger partial charge in [0.2, 0.25) is 0 Å². The smallest absolute Gasteiger partial charge is 0.344 e. The molecule has 0 spiro atoms. The third-order valence-corrected chi connectivity index (χ3v) is 6.78. The number of hydrogen-bond acceptors (Lipinski definition) is 4. The van der Waals surface area contributed by atoms with E-state index in [0.717, 1.165) is 5.56 Å². The van der Waals surface area contributed by atoms with Crippen LogP contribution in [0.4, 0.5) is 0 Å².